The number of methoxy groups -OCH3 is 1. The van der Waals surface area contributed by atoms with Crippen LogP contribution in [0.3, 0.4) is 0 Å². The summed E-state index contributed by atoms with van der Waals surface area (Å²) >= 11 is 0. The van der Waals surface area contributed by atoms with Crippen LogP contribution in [0.2, 0.25) is 0 Å². The van der Waals surface area contributed by atoms with Gasteiger partial charge in [-0.1, -0.05) is 0 Å². The molecule has 3 heteroatoms. The molecule has 0 atom stereocenters. The molecular formula is C11H13NO2. The summed E-state index contributed by atoms with van der Waals surface area (Å²) in [6, 6.07) is 7.53. The maximum Gasteiger partial charge on any atom is 0.121 e. The Morgan fingerprint density at radius 3 is 2.71 bits per heavy atom. The van der Waals surface area contributed by atoms with Crippen molar-refractivity contribution in [3.63, 3.8) is 0 Å². The van der Waals surface area contributed by atoms with E-state index in [-0.39, 0.29) is 0 Å². The molecule has 0 saturated heterocycles. The molecule has 1 aromatic carbocycles. The number of nitriles is 1. The molecule has 0 amide bonds. The van der Waals surface area contributed by atoms with Gasteiger partial charge in [-0.15, -0.1) is 0 Å². The van der Waals surface area contributed by atoms with Gasteiger partial charge in [-0.3, -0.25) is 0 Å². The van der Waals surface area contributed by atoms with Gasteiger partial charge < -0.3 is 9.47 Å². The molecule has 0 unspecified atom stereocenters. The zero-order chi connectivity index (χ0) is 10.4. The minimum Gasteiger partial charge on any atom is -0.491 e. The number of ether oxygens (including phenoxy) is 2. The van der Waals surface area contributed by atoms with Crippen molar-refractivity contribution in [3.8, 4) is 11.8 Å². The van der Waals surface area contributed by atoms with Crippen LogP contribution in [-0.2, 0) is 4.74 Å². The van der Waals surface area contributed by atoms with Gasteiger partial charge in [0.1, 0.15) is 12.4 Å². The van der Waals surface area contributed by atoms with E-state index in [2.05, 4.69) is 6.07 Å². The Balaban J connectivity index is 2.68. The van der Waals surface area contributed by atoms with Crippen molar-refractivity contribution in [2.24, 2.45) is 0 Å². The van der Waals surface area contributed by atoms with Gasteiger partial charge in [0, 0.05) is 7.11 Å². The Bertz CT molecular complexity index is 342. The van der Waals surface area contributed by atoms with Gasteiger partial charge in [0.25, 0.3) is 0 Å². The summed E-state index contributed by atoms with van der Waals surface area (Å²) in [7, 11) is 1.63. The number of benzene rings is 1. The largest absolute Gasteiger partial charge is 0.491 e. The predicted octanol–water partition coefficient (Wildman–Crippen LogP) is 1.89. The fourth-order valence-corrected chi connectivity index (χ4v) is 1.14. The fraction of sp³-hybridized carbons (Fsp3) is 0.364. The number of nitrogens with zero attached hydrogens (tertiary/aromatic N) is 1. The Morgan fingerprint density at radius 2 is 2.07 bits per heavy atom. The number of aryl methyl sites for hydroxylation is 1. The molecule has 0 heterocycles. The Kier molecular flexibility index (Phi) is 3.96. The van der Waals surface area contributed by atoms with E-state index >= 15 is 0 Å². The van der Waals surface area contributed by atoms with E-state index in [4.69, 9.17) is 14.7 Å². The molecule has 0 N–H and O–H groups in total. The van der Waals surface area contributed by atoms with Gasteiger partial charge in [0.05, 0.1) is 18.2 Å². The molecule has 0 fully saturated rings. The standard InChI is InChI=1S/C11H13NO2/c1-9-5-10(8-12)7-11(6-9)14-4-3-13-2/h5-7H,3-4H2,1-2H3. The van der Waals surface area contributed by atoms with Crippen molar-refractivity contribution in [1.82, 2.24) is 0 Å². The van der Waals surface area contributed by atoms with Gasteiger partial charge >= 0.3 is 0 Å². The van der Waals surface area contributed by atoms with Crippen LogP contribution in [0, 0.1) is 18.3 Å². The monoisotopic (exact) mass is 191 g/mol. The molecule has 0 aromatic heterocycles. The van der Waals surface area contributed by atoms with Crippen molar-refractivity contribution in [2.75, 3.05) is 20.3 Å². The van der Waals surface area contributed by atoms with Crippen LogP contribution in [0.1, 0.15) is 11.1 Å². The van der Waals surface area contributed by atoms with Crippen LogP contribution in [0.15, 0.2) is 18.2 Å². The summed E-state index contributed by atoms with van der Waals surface area (Å²) in [6.07, 6.45) is 0. The molecule has 1 aromatic rings. The highest BCUT2D eigenvalue weighted by molar-refractivity contribution is 5.40. The number of hydrogen-bond donors (Lipinski definition) is 0. The average molecular weight is 191 g/mol. The quantitative estimate of drug-likeness (QED) is 0.682. The molecule has 3 nitrogen and oxygen atoms in total. The van der Waals surface area contributed by atoms with E-state index in [0.717, 1.165) is 11.3 Å². The van der Waals surface area contributed by atoms with Crippen LogP contribution in [0.5, 0.6) is 5.75 Å². The normalized spacial score (nSPS) is 9.50. The lowest BCUT2D eigenvalue weighted by molar-refractivity contribution is 0.146. The first-order valence-corrected chi connectivity index (χ1v) is 4.40. The highest BCUT2D eigenvalue weighted by atomic mass is 16.5. The molecule has 0 bridgehead atoms. The molecule has 14 heavy (non-hydrogen) atoms. The van der Waals surface area contributed by atoms with E-state index in [1.54, 1.807) is 13.2 Å². The zero-order valence-corrected chi connectivity index (χ0v) is 8.41. The van der Waals surface area contributed by atoms with Crippen molar-refractivity contribution in [1.29, 1.82) is 5.26 Å². The first kappa shape index (κ1) is 10.6. The highest BCUT2D eigenvalue weighted by Crippen LogP contribution is 2.15. The number of hydrogen-bond acceptors (Lipinski definition) is 3. The zero-order valence-electron chi connectivity index (χ0n) is 8.41. The molecule has 0 radical (unpaired) electrons. The summed E-state index contributed by atoms with van der Waals surface area (Å²) < 4.78 is 10.3. The molecule has 0 saturated carbocycles. The first-order chi connectivity index (χ1) is 6.76. The summed E-state index contributed by atoms with van der Waals surface area (Å²) in [5.41, 5.74) is 1.65. The lowest BCUT2D eigenvalue weighted by Gasteiger charge is -2.06. The van der Waals surface area contributed by atoms with Crippen LogP contribution in [0.4, 0.5) is 0 Å². The maximum atomic E-state index is 8.73. The summed E-state index contributed by atoms with van der Waals surface area (Å²) in [5, 5.41) is 8.73. The van der Waals surface area contributed by atoms with Gasteiger partial charge in [-0.2, -0.15) is 5.26 Å². The molecule has 0 aliphatic rings. The topological polar surface area (TPSA) is 42.2 Å². The predicted molar refractivity (Wildman–Crippen MR) is 53.3 cm³/mol. The Labute approximate surface area is 83.9 Å². The molecule has 0 spiro atoms. The van der Waals surface area contributed by atoms with Crippen molar-refractivity contribution in [3.05, 3.63) is 29.3 Å². The second-order valence-corrected chi connectivity index (χ2v) is 2.99. The SMILES string of the molecule is COCCOc1cc(C)cc(C#N)c1. The van der Waals surface area contributed by atoms with Gasteiger partial charge in [-0.25, -0.2) is 0 Å². The first-order valence-electron chi connectivity index (χ1n) is 4.40. The average Bonchev–Trinajstić information content (AvgIpc) is 2.17. The Morgan fingerprint density at radius 1 is 1.29 bits per heavy atom. The Hall–Kier alpha value is -1.53. The van der Waals surface area contributed by atoms with Gasteiger partial charge in [0.2, 0.25) is 0 Å². The van der Waals surface area contributed by atoms with E-state index in [9.17, 15) is 0 Å². The van der Waals surface area contributed by atoms with Crippen LogP contribution >= 0.6 is 0 Å². The van der Waals surface area contributed by atoms with Crippen LogP contribution < -0.4 is 4.74 Å². The smallest absolute Gasteiger partial charge is 0.121 e. The van der Waals surface area contributed by atoms with E-state index in [1.165, 1.54) is 0 Å². The lowest BCUT2D eigenvalue weighted by atomic mass is 10.1. The molecule has 0 aliphatic heterocycles. The third kappa shape index (κ3) is 3.08. The van der Waals surface area contributed by atoms with Crippen molar-refractivity contribution in [2.45, 2.75) is 6.92 Å². The summed E-state index contributed by atoms with van der Waals surface area (Å²) in [5.74, 6) is 0.721. The summed E-state index contributed by atoms with van der Waals surface area (Å²) in [4.78, 5) is 0. The third-order valence-corrected chi connectivity index (χ3v) is 1.74. The van der Waals surface area contributed by atoms with E-state index < -0.39 is 0 Å². The van der Waals surface area contributed by atoms with Gasteiger partial charge in [-0.05, 0) is 30.7 Å². The number of rotatable bonds is 4. The van der Waals surface area contributed by atoms with Crippen molar-refractivity contribution >= 4 is 0 Å². The maximum absolute atomic E-state index is 8.73. The molecule has 0 aliphatic carbocycles. The minimum atomic E-state index is 0.505. The second-order valence-electron chi connectivity index (χ2n) is 2.99. The molecule has 1 rings (SSSR count). The van der Waals surface area contributed by atoms with Gasteiger partial charge in [0.15, 0.2) is 0 Å². The lowest BCUT2D eigenvalue weighted by Crippen LogP contribution is -2.04. The van der Waals surface area contributed by atoms with Crippen LogP contribution in [0.25, 0.3) is 0 Å². The molecule has 74 valence electrons. The van der Waals surface area contributed by atoms with Crippen LogP contribution in [-0.4, -0.2) is 20.3 Å². The highest BCUT2D eigenvalue weighted by Gasteiger charge is 1.98. The fourth-order valence-electron chi connectivity index (χ4n) is 1.14. The molecular weight excluding hydrogens is 178 g/mol. The van der Waals surface area contributed by atoms with Crippen molar-refractivity contribution < 1.29 is 9.47 Å². The van der Waals surface area contributed by atoms with E-state index in [1.807, 2.05) is 19.1 Å². The summed E-state index contributed by atoms with van der Waals surface area (Å²) in [6.45, 7) is 2.99. The minimum absolute atomic E-state index is 0.505. The third-order valence-electron chi connectivity index (χ3n) is 1.74. The second kappa shape index (κ2) is 5.25. The van der Waals surface area contributed by atoms with E-state index in [0.29, 0.717) is 18.8 Å².